The number of nitrogens with zero attached hydrogens (tertiary/aromatic N) is 7. The van der Waals surface area contributed by atoms with E-state index in [9.17, 15) is 8.76 Å². The average molecular weight is 445 g/mol. The Morgan fingerprint density at radius 1 is 1.16 bits per heavy atom. The van der Waals surface area contributed by atoms with Gasteiger partial charge in [-0.2, -0.15) is 14.6 Å². The van der Waals surface area contributed by atoms with Crippen LogP contribution in [0.15, 0.2) is 18.6 Å². The van der Waals surface area contributed by atoms with Crippen LogP contribution in [0, 0.1) is 0 Å². The van der Waals surface area contributed by atoms with Crippen molar-refractivity contribution in [2.45, 2.75) is 38.1 Å². The number of aromatic nitrogens is 6. The van der Waals surface area contributed by atoms with Crippen molar-refractivity contribution in [3.05, 3.63) is 18.6 Å². The molecule has 12 heteroatoms. The van der Waals surface area contributed by atoms with E-state index in [2.05, 4.69) is 25.4 Å². The third kappa shape index (κ3) is 4.41. The van der Waals surface area contributed by atoms with Crippen LogP contribution in [0.2, 0.25) is 0 Å². The molecule has 2 fully saturated rings. The Bertz CT molecular complexity index is 1040. The number of rotatable bonds is 6. The SMILES string of the molecule is O=S([O-])CN1CCC(Nc2nc3cnc(-c4cn[nH]c4)c(N4CCCCC4)n3n2)CC1. The zero-order valence-corrected chi connectivity index (χ0v) is 18.1. The van der Waals surface area contributed by atoms with Crippen molar-refractivity contribution in [1.82, 2.24) is 34.7 Å². The largest absolute Gasteiger partial charge is 0.771 e. The lowest BCUT2D eigenvalue weighted by molar-refractivity contribution is 0.247. The summed E-state index contributed by atoms with van der Waals surface area (Å²) in [6.07, 6.45) is 10.6. The molecule has 0 amide bonds. The number of fused-ring (bicyclic) bond motifs is 1. The van der Waals surface area contributed by atoms with Crippen LogP contribution in [0.1, 0.15) is 32.1 Å². The average Bonchev–Trinajstić information content (AvgIpc) is 3.44. The highest BCUT2D eigenvalue weighted by molar-refractivity contribution is 7.79. The van der Waals surface area contributed by atoms with Gasteiger partial charge in [-0.1, -0.05) is 0 Å². The van der Waals surface area contributed by atoms with Gasteiger partial charge in [0, 0.05) is 44.0 Å². The van der Waals surface area contributed by atoms with Crippen LogP contribution in [-0.2, 0) is 11.1 Å². The maximum Gasteiger partial charge on any atom is 0.243 e. The molecular formula is C19H26N9O2S-. The molecule has 166 valence electrons. The van der Waals surface area contributed by atoms with E-state index < -0.39 is 11.1 Å². The highest BCUT2D eigenvalue weighted by Gasteiger charge is 2.24. The highest BCUT2D eigenvalue weighted by atomic mass is 32.2. The number of aromatic amines is 1. The molecule has 31 heavy (non-hydrogen) atoms. The second kappa shape index (κ2) is 8.89. The lowest BCUT2D eigenvalue weighted by Gasteiger charge is -2.32. The molecule has 0 bridgehead atoms. The monoisotopic (exact) mass is 444 g/mol. The minimum atomic E-state index is -2.03. The molecule has 3 aromatic rings. The van der Waals surface area contributed by atoms with E-state index in [1.807, 2.05) is 15.6 Å². The highest BCUT2D eigenvalue weighted by Crippen LogP contribution is 2.31. The van der Waals surface area contributed by atoms with Gasteiger partial charge in [-0.05, 0) is 43.2 Å². The van der Waals surface area contributed by atoms with Crippen molar-refractivity contribution in [2.24, 2.45) is 0 Å². The van der Waals surface area contributed by atoms with Crippen molar-refractivity contribution < 1.29 is 8.76 Å². The molecule has 2 aliphatic rings. The summed E-state index contributed by atoms with van der Waals surface area (Å²) in [4.78, 5) is 13.7. The zero-order chi connectivity index (χ0) is 21.2. The van der Waals surface area contributed by atoms with E-state index in [1.54, 1.807) is 12.4 Å². The maximum absolute atomic E-state index is 10.9. The number of hydrogen-bond donors (Lipinski definition) is 2. The summed E-state index contributed by atoms with van der Waals surface area (Å²) in [5.41, 5.74) is 2.48. The summed E-state index contributed by atoms with van der Waals surface area (Å²) in [6, 6.07) is 0.216. The van der Waals surface area contributed by atoms with Gasteiger partial charge >= 0.3 is 0 Å². The Labute approximate surface area is 182 Å². The van der Waals surface area contributed by atoms with Crippen LogP contribution in [0.25, 0.3) is 16.9 Å². The molecule has 2 saturated heterocycles. The number of nitrogens with one attached hydrogen (secondary N) is 2. The molecule has 0 spiro atoms. The van der Waals surface area contributed by atoms with Gasteiger partial charge in [0.15, 0.2) is 11.5 Å². The van der Waals surface area contributed by atoms with Gasteiger partial charge in [0.2, 0.25) is 5.95 Å². The lowest BCUT2D eigenvalue weighted by atomic mass is 10.1. The topological polar surface area (TPSA) is 130 Å². The Hall–Kier alpha value is -2.57. The molecule has 5 heterocycles. The predicted octanol–water partition coefficient (Wildman–Crippen LogP) is 1.22. The van der Waals surface area contributed by atoms with Crippen molar-refractivity contribution in [3.8, 4) is 11.3 Å². The van der Waals surface area contributed by atoms with Crippen molar-refractivity contribution in [3.63, 3.8) is 0 Å². The minimum absolute atomic E-state index is 0.0982. The van der Waals surface area contributed by atoms with E-state index in [-0.39, 0.29) is 11.9 Å². The number of hydrogen-bond acceptors (Lipinski definition) is 9. The van der Waals surface area contributed by atoms with Gasteiger partial charge < -0.3 is 14.8 Å². The number of piperidine rings is 2. The third-order valence-corrected chi connectivity index (χ3v) is 6.57. The fourth-order valence-electron chi connectivity index (χ4n) is 4.42. The summed E-state index contributed by atoms with van der Waals surface area (Å²) in [7, 11) is 0. The first kappa shape index (κ1) is 20.3. The summed E-state index contributed by atoms with van der Waals surface area (Å²) in [5, 5.41) is 15.2. The third-order valence-electron chi connectivity index (χ3n) is 5.99. The number of anilines is 2. The summed E-state index contributed by atoms with van der Waals surface area (Å²) in [6.45, 7) is 3.41. The van der Waals surface area contributed by atoms with Crippen molar-refractivity contribution in [1.29, 1.82) is 0 Å². The van der Waals surface area contributed by atoms with Gasteiger partial charge in [0.1, 0.15) is 5.69 Å². The molecule has 0 aromatic carbocycles. The summed E-state index contributed by atoms with van der Waals surface area (Å²) < 4.78 is 23.7. The fourth-order valence-corrected chi connectivity index (χ4v) is 4.97. The van der Waals surface area contributed by atoms with E-state index in [0.29, 0.717) is 11.6 Å². The van der Waals surface area contributed by atoms with E-state index >= 15 is 0 Å². The predicted molar refractivity (Wildman–Crippen MR) is 116 cm³/mol. The molecule has 2 N–H and O–H groups in total. The van der Waals surface area contributed by atoms with Gasteiger partial charge in [-0.15, -0.1) is 5.10 Å². The number of H-pyrrole nitrogens is 1. The van der Waals surface area contributed by atoms with Crippen molar-refractivity contribution in [2.75, 3.05) is 42.3 Å². The first-order valence-corrected chi connectivity index (χ1v) is 12.0. The van der Waals surface area contributed by atoms with Crippen LogP contribution in [0.3, 0.4) is 0 Å². The quantitative estimate of drug-likeness (QED) is 0.539. The maximum atomic E-state index is 10.9. The lowest BCUT2D eigenvalue weighted by Crippen LogP contribution is -2.40. The second-order valence-electron chi connectivity index (χ2n) is 8.14. The Kier molecular flexibility index (Phi) is 5.83. The van der Waals surface area contributed by atoms with Crippen LogP contribution >= 0.6 is 0 Å². The van der Waals surface area contributed by atoms with Crippen LogP contribution in [0.4, 0.5) is 11.8 Å². The summed E-state index contributed by atoms with van der Waals surface area (Å²) in [5.74, 6) is 1.63. The Morgan fingerprint density at radius 3 is 2.68 bits per heavy atom. The molecule has 1 unspecified atom stereocenters. The van der Waals surface area contributed by atoms with Gasteiger partial charge in [0.25, 0.3) is 0 Å². The zero-order valence-electron chi connectivity index (χ0n) is 17.2. The van der Waals surface area contributed by atoms with Crippen molar-refractivity contribution >= 4 is 28.5 Å². The second-order valence-corrected chi connectivity index (χ2v) is 9.01. The molecule has 2 aliphatic heterocycles. The van der Waals surface area contributed by atoms with Gasteiger partial charge in [-0.3, -0.25) is 14.2 Å². The van der Waals surface area contributed by atoms with Crippen LogP contribution < -0.4 is 10.2 Å². The van der Waals surface area contributed by atoms with E-state index in [4.69, 9.17) is 10.1 Å². The minimum Gasteiger partial charge on any atom is -0.771 e. The molecule has 0 saturated carbocycles. The molecule has 0 aliphatic carbocycles. The fraction of sp³-hybridized carbons (Fsp3) is 0.579. The first-order chi connectivity index (χ1) is 15.2. The molecule has 11 nitrogen and oxygen atoms in total. The van der Waals surface area contributed by atoms with Gasteiger partial charge in [0.05, 0.1) is 18.3 Å². The standard InChI is InChI=1S/C19H27N9O2S/c29-31(30)13-26-8-4-15(5-9-26)23-19-24-16-12-20-17(14-10-21-22-11-14)18(28(16)25-19)27-6-2-1-3-7-27/h10-12,15H,1-9,13H2,(H,21,22)(H,23,25)(H,29,30)/p-1. The molecule has 5 rings (SSSR count). The smallest absolute Gasteiger partial charge is 0.243 e. The Balaban J connectivity index is 1.41. The summed E-state index contributed by atoms with van der Waals surface area (Å²) >= 11 is -2.03. The van der Waals surface area contributed by atoms with E-state index in [0.717, 1.165) is 68.9 Å². The number of likely N-dealkylation sites (tertiary alicyclic amines) is 1. The van der Waals surface area contributed by atoms with Crippen LogP contribution in [0.5, 0.6) is 0 Å². The normalized spacial score (nSPS) is 19.7. The first-order valence-electron chi connectivity index (χ1n) is 10.7. The van der Waals surface area contributed by atoms with E-state index in [1.165, 1.54) is 6.42 Å². The van der Waals surface area contributed by atoms with Gasteiger partial charge in [-0.25, -0.2) is 4.98 Å². The molecular weight excluding hydrogens is 418 g/mol. The van der Waals surface area contributed by atoms with Crippen LogP contribution in [-0.4, -0.2) is 81.5 Å². The molecule has 3 aromatic heterocycles. The molecule has 1 atom stereocenters. The Morgan fingerprint density at radius 2 is 1.97 bits per heavy atom. The molecule has 0 radical (unpaired) electrons.